The van der Waals surface area contributed by atoms with Gasteiger partial charge in [-0.3, -0.25) is 0 Å². The molecule has 1 saturated carbocycles. The van der Waals surface area contributed by atoms with Gasteiger partial charge >= 0.3 is 5.97 Å². The quantitative estimate of drug-likeness (QED) is 0.597. The van der Waals surface area contributed by atoms with Gasteiger partial charge in [0.15, 0.2) is 0 Å². The Morgan fingerprint density at radius 1 is 1.04 bits per heavy atom. The van der Waals surface area contributed by atoms with Crippen molar-refractivity contribution in [1.82, 2.24) is 0 Å². The Hall–Kier alpha value is -2.35. The lowest BCUT2D eigenvalue weighted by Gasteiger charge is -2.31. The highest BCUT2D eigenvalue weighted by atomic mass is 16.6. The van der Waals surface area contributed by atoms with E-state index in [-0.39, 0.29) is 11.6 Å². The van der Waals surface area contributed by atoms with Crippen molar-refractivity contribution in [1.29, 1.82) is 0 Å². The molecule has 0 saturated heterocycles. The molecule has 1 fully saturated rings. The fourth-order valence-corrected chi connectivity index (χ4v) is 3.90. The van der Waals surface area contributed by atoms with E-state index in [1.165, 1.54) is 0 Å². The van der Waals surface area contributed by atoms with Crippen LogP contribution in [0.1, 0.15) is 30.1 Å². The third kappa shape index (κ3) is 2.59. The summed E-state index contributed by atoms with van der Waals surface area (Å²) in [5.74, 6) is 0.730. The van der Waals surface area contributed by atoms with Crippen LogP contribution in [-0.4, -0.2) is 11.6 Å². The predicted molar refractivity (Wildman–Crippen MR) is 91.1 cm³/mol. The van der Waals surface area contributed by atoms with E-state index in [4.69, 9.17) is 4.74 Å². The second-order valence-corrected chi connectivity index (χ2v) is 6.84. The molecule has 2 aromatic rings. The van der Waals surface area contributed by atoms with E-state index in [9.17, 15) is 4.79 Å². The van der Waals surface area contributed by atoms with Gasteiger partial charge in [0.25, 0.3) is 0 Å². The number of fused-ring (bicyclic) bond motifs is 2. The highest BCUT2D eigenvalue weighted by Gasteiger charge is 2.48. The van der Waals surface area contributed by atoms with Crippen molar-refractivity contribution in [3.63, 3.8) is 0 Å². The molecule has 3 atom stereocenters. The van der Waals surface area contributed by atoms with Gasteiger partial charge in [0.2, 0.25) is 0 Å². The molecule has 0 amide bonds. The van der Waals surface area contributed by atoms with Crippen molar-refractivity contribution in [2.45, 2.75) is 25.4 Å². The van der Waals surface area contributed by atoms with Crippen molar-refractivity contribution < 1.29 is 9.53 Å². The molecule has 2 aliphatic carbocycles. The molecule has 0 N–H and O–H groups in total. The second-order valence-electron chi connectivity index (χ2n) is 6.84. The van der Waals surface area contributed by atoms with Crippen LogP contribution in [-0.2, 0) is 4.74 Å². The average molecular weight is 304 g/mol. The summed E-state index contributed by atoms with van der Waals surface area (Å²) in [5, 5.41) is 0. The minimum Gasteiger partial charge on any atom is -0.455 e. The molecule has 0 radical (unpaired) electrons. The summed E-state index contributed by atoms with van der Waals surface area (Å²) in [6.07, 6.45) is 6.53. The first kappa shape index (κ1) is 14.3. The van der Waals surface area contributed by atoms with Gasteiger partial charge in [-0.15, -0.1) is 0 Å². The Morgan fingerprint density at radius 2 is 1.83 bits per heavy atom. The van der Waals surface area contributed by atoms with Crippen LogP contribution in [0, 0.1) is 11.8 Å². The number of carbonyl (C=O) groups excluding carboxylic acids is 1. The van der Waals surface area contributed by atoms with Crippen LogP contribution in [0.15, 0.2) is 66.7 Å². The van der Waals surface area contributed by atoms with Crippen LogP contribution in [0.2, 0.25) is 0 Å². The summed E-state index contributed by atoms with van der Waals surface area (Å²) in [6, 6.07) is 17.8. The molecule has 0 heterocycles. The van der Waals surface area contributed by atoms with E-state index in [0.29, 0.717) is 17.4 Å². The lowest BCUT2D eigenvalue weighted by atomic mass is 9.90. The number of hydrogen-bond donors (Lipinski definition) is 0. The third-order valence-corrected chi connectivity index (χ3v) is 5.16. The smallest absolute Gasteiger partial charge is 0.338 e. The van der Waals surface area contributed by atoms with Crippen molar-refractivity contribution in [3.8, 4) is 11.1 Å². The molecule has 3 unspecified atom stereocenters. The van der Waals surface area contributed by atoms with Gasteiger partial charge in [0, 0.05) is 5.92 Å². The molecule has 23 heavy (non-hydrogen) atoms. The maximum Gasteiger partial charge on any atom is 0.338 e. The van der Waals surface area contributed by atoms with Crippen LogP contribution < -0.4 is 0 Å². The van der Waals surface area contributed by atoms with Crippen molar-refractivity contribution in [2.75, 3.05) is 0 Å². The van der Waals surface area contributed by atoms with Crippen LogP contribution >= 0.6 is 0 Å². The lowest BCUT2D eigenvalue weighted by Crippen LogP contribution is -2.35. The molecule has 2 bridgehead atoms. The number of allylic oxidation sites excluding steroid dienone is 1. The standard InChI is InChI=1S/C21H20O2/c1-21(14-15-10-11-19(21)12-15)23-20(22)18-9-5-8-17(13-18)16-6-3-2-4-7-16/h2-11,13,15,19H,12,14H2,1H3. The van der Waals surface area contributed by atoms with Crippen molar-refractivity contribution in [2.24, 2.45) is 11.8 Å². The Labute approximate surface area is 136 Å². The van der Waals surface area contributed by atoms with Gasteiger partial charge in [0.1, 0.15) is 5.60 Å². The maximum absolute atomic E-state index is 12.6. The van der Waals surface area contributed by atoms with E-state index in [1.54, 1.807) is 0 Å². The Kier molecular flexibility index (Phi) is 3.33. The second kappa shape index (κ2) is 5.38. The summed E-state index contributed by atoms with van der Waals surface area (Å²) in [5.41, 5.74) is 2.42. The van der Waals surface area contributed by atoms with E-state index in [0.717, 1.165) is 24.0 Å². The zero-order chi connectivity index (χ0) is 15.9. The molecule has 0 aromatic heterocycles. The van der Waals surface area contributed by atoms with E-state index in [2.05, 4.69) is 19.1 Å². The first-order chi connectivity index (χ1) is 11.1. The van der Waals surface area contributed by atoms with Gasteiger partial charge < -0.3 is 4.74 Å². The number of benzene rings is 2. The van der Waals surface area contributed by atoms with E-state index < -0.39 is 0 Å². The van der Waals surface area contributed by atoms with Crippen LogP contribution in [0.3, 0.4) is 0 Å². The molecule has 2 aromatic carbocycles. The van der Waals surface area contributed by atoms with E-state index >= 15 is 0 Å². The molecule has 2 nitrogen and oxygen atoms in total. The topological polar surface area (TPSA) is 26.3 Å². The average Bonchev–Trinajstić information content (AvgIpc) is 3.16. The SMILES string of the molecule is CC1(OC(=O)c2cccc(-c3ccccc3)c2)CC2C=CC1C2. The zero-order valence-electron chi connectivity index (χ0n) is 13.2. The van der Waals surface area contributed by atoms with E-state index in [1.807, 2.05) is 54.6 Å². The largest absolute Gasteiger partial charge is 0.455 e. The van der Waals surface area contributed by atoms with Gasteiger partial charge in [0.05, 0.1) is 5.56 Å². The highest BCUT2D eigenvalue weighted by Crippen LogP contribution is 2.48. The summed E-state index contributed by atoms with van der Waals surface area (Å²) in [6.45, 7) is 2.07. The molecular formula is C21H20O2. The first-order valence-electron chi connectivity index (χ1n) is 8.21. The van der Waals surface area contributed by atoms with Crippen LogP contribution in [0.25, 0.3) is 11.1 Å². The highest BCUT2D eigenvalue weighted by molar-refractivity contribution is 5.91. The summed E-state index contributed by atoms with van der Waals surface area (Å²) in [7, 11) is 0. The number of hydrogen-bond acceptors (Lipinski definition) is 2. The number of rotatable bonds is 3. The van der Waals surface area contributed by atoms with Crippen molar-refractivity contribution in [3.05, 3.63) is 72.3 Å². The van der Waals surface area contributed by atoms with Crippen LogP contribution in [0.4, 0.5) is 0 Å². The molecule has 2 heteroatoms. The fourth-order valence-electron chi connectivity index (χ4n) is 3.90. The van der Waals surface area contributed by atoms with Gasteiger partial charge in [-0.25, -0.2) is 4.79 Å². The Balaban J connectivity index is 1.56. The summed E-state index contributed by atoms with van der Waals surface area (Å²) < 4.78 is 5.92. The maximum atomic E-state index is 12.6. The number of carbonyl (C=O) groups is 1. The minimum absolute atomic E-state index is 0.216. The zero-order valence-corrected chi connectivity index (χ0v) is 13.2. The number of esters is 1. The third-order valence-electron chi connectivity index (χ3n) is 5.16. The Morgan fingerprint density at radius 3 is 2.52 bits per heavy atom. The van der Waals surface area contributed by atoms with Gasteiger partial charge in [-0.1, -0.05) is 54.6 Å². The molecule has 0 aliphatic heterocycles. The molecule has 4 rings (SSSR count). The molecule has 0 spiro atoms. The normalized spacial score (nSPS) is 28.0. The minimum atomic E-state index is -0.348. The molecule has 116 valence electrons. The first-order valence-corrected chi connectivity index (χ1v) is 8.21. The van der Waals surface area contributed by atoms with Gasteiger partial charge in [-0.2, -0.15) is 0 Å². The summed E-state index contributed by atoms with van der Waals surface area (Å²) in [4.78, 5) is 12.6. The van der Waals surface area contributed by atoms with Gasteiger partial charge in [-0.05, 0) is 48.9 Å². The molecule has 2 aliphatic rings. The summed E-state index contributed by atoms with van der Waals surface area (Å²) >= 11 is 0. The number of ether oxygens (including phenoxy) is 1. The lowest BCUT2D eigenvalue weighted by molar-refractivity contribution is -0.0218. The van der Waals surface area contributed by atoms with Crippen LogP contribution in [0.5, 0.6) is 0 Å². The fraction of sp³-hybridized carbons (Fsp3) is 0.286. The monoisotopic (exact) mass is 304 g/mol. The molecular weight excluding hydrogens is 284 g/mol. The van der Waals surface area contributed by atoms with Crippen molar-refractivity contribution >= 4 is 5.97 Å². The Bertz CT molecular complexity index is 762. The predicted octanol–water partition coefficient (Wildman–Crippen LogP) is 4.87.